The van der Waals surface area contributed by atoms with Crippen molar-refractivity contribution in [1.82, 2.24) is 9.97 Å². The summed E-state index contributed by atoms with van der Waals surface area (Å²) in [5.41, 5.74) is -0.560. The highest BCUT2D eigenvalue weighted by Crippen LogP contribution is 2.29. The molecular formula is C11H13ClF3N3O2. The molecule has 2 rings (SSSR count). The molecule has 0 aromatic carbocycles. The van der Waals surface area contributed by atoms with Crippen LogP contribution >= 0.6 is 11.6 Å². The minimum atomic E-state index is -4.64. The van der Waals surface area contributed by atoms with Crippen LogP contribution < -0.4 is 5.32 Å². The van der Waals surface area contributed by atoms with E-state index in [-0.39, 0.29) is 17.5 Å². The lowest BCUT2D eigenvalue weighted by molar-refractivity contribution is -0.144. The van der Waals surface area contributed by atoms with Crippen LogP contribution in [0.25, 0.3) is 0 Å². The summed E-state index contributed by atoms with van der Waals surface area (Å²) in [6.45, 7) is 1.20. The molecule has 0 amide bonds. The number of methoxy groups -OCH3 is 1. The van der Waals surface area contributed by atoms with Crippen molar-refractivity contribution in [2.24, 2.45) is 0 Å². The van der Waals surface area contributed by atoms with Crippen LogP contribution in [0, 0.1) is 0 Å². The van der Waals surface area contributed by atoms with Crippen LogP contribution in [0.3, 0.4) is 0 Å². The fraction of sp³-hybridized carbons (Fsp3) is 0.636. The molecule has 9 heteroatoms. The first-order valence-electron chi connectivity index (χ1n) is 5.83. The average Bonchev–Trinajstić information content (AvgIpc) is 2.84. The maximum absolute atomic E-state index is 12.6. The second-order valence-corrected chi connectivity index (χ2v) is 4.83. The van der Waals surface area contributed by atoms with E-state index in [0.29, 0.717) is 19.6 Å². The van der Waals surface area contributed by atoms with Crippen molar-refractivity contribution >= 4 is 17.4 Å². The van der Waals surface area contributed by atoms with Gasteiger partial charge in [0.25, 0.3) is 0 Å². The number of alkyl halides is 3. The highest BCUT2D eigenvalue weighted by Gasteiger charge is 2.37. The van der Waals surface area contributed by atoms with E-state index in [1.807, 2.05) is 0 Å². The average molecular weight is 312 g/mol. The quantitative estimate of drug-likeness (QED) is 0.865. The summed E-state index contributed by atoms with van der Waals surface area (Å²) >= 11 is 5.57. The Morgan fingerprint density at radius 1 is 1.50 bits per heavy atom. The zero-order chi connectivity index (χ0) is 14.8. The standard InChI is InChI=1S/C11H13ClF3N3O2/c1-19-10(2-3-20-6-10)5-16-8-4-7(12)17-9(18-8)11(13,14)15/h4H,2-3,5-6H2,1H3,(H,16,17,18). The Hall–Kier alpha value is -1.12. The molecular weight excluding hydrogens is 299 g/mol. The first kappa shape index (κ1) is 15.3. The number of aromatic nitrogens is 2. The monoisotopic (exact) mass is 311 g/mol. The summed E-state index contributed by atoms with van der Waals surface area (Å²) in [5.74, 6) is -1.28. The van der Waals surface area contributed by atoms with Crippen LogP contribution in [-0.2, 0) is 15.7 Å². The van der Waals surface area contributed by atoms with Crippen molar-refractivity contribution in [3.8, 4) is 0 Å². The molecule has 1 atom stereocenters. The van der Waals surface area contributed by atoms with Gasteiger partial charge in [-0.15, -0.1) is 0 Å². The van der Waals surface area contributed by atoms with Gasteiger partial charge in [0.15, 0.2) is 0 Å². The van der Waals surface area contributed by atoms with Gasteiger partial charge in [0.2, 0.25) is 5.82 Å². The molecule has 112 valence electrons. The predicted molar refractivity (Wildman–Crippen MR) is 65.7 cm³/mol. The lowest BCUT2D eigenvalue weighted by Gasteiger charge is -2.26. The van der Waals surface area contributed by atoms with E-state index in [4.69, 9.17) is 21.1 Å². The molecule has 1 aromatic heterocycles. The van der Waals surface area contributed by atoms with E-state index in [1.54, 1.807) is 0 Å². The molecule has 0 radical (unpaired) electrons. The number of halogens is 4. The van der Waals surface area contributed by atoms with E-state index < -0.39 is 17.6 Å². The van der Waals surface area contributed by atoms with Crippen LogP contribution in [0.15, 0.2) is 6.07 Å². The molecule has 2 heterocycles. The lowest BCUT2D eigenvalue weighted by Crippen LogP contribution is -2.39. The van der Waals surface area contributed by atoms with Crippen molar-refractivity contribution in [1.29, 1.82) is 0 Å². The van der Waals surface area contributed by atoms with Gasteiger partial charge in [-0.1, -0.05) is 11.6 Å². The topological polar surface area (TPSA) is 56.3 Å². The Kier molecular flexibility index (Phi) is 4.36. The third kappa shape index (κ3) is 3.50. The van der Waals surface area contributed by atoms with Gasteiger partial charge in [-0.25, -0.2) is 9.97 Å². The first-order chi connectivity index (χ1) is 9.35. The fourth-order valence-corrected chi connectivity index (χ4v) is 2.03. The molecule has 0 aliphatic carbocycles. The number of nitrogens with zero attached hydrogens (tertiary/aromatic N) is 2. The molecule has 1 saturated heterocycles. The molecule has 0 saturated carbocycles. The molecule has 20 heavy (non-hydrogen) atoms. The summed E-state index contributed by atoms with van der Waals surface area (Å²) in [6.07, 6.45) is -3.99. The van der Waals surface area contributed by atoms with Crippen LogP contribution in [0.1, 0.15) is 12.2 Å². The smallest absolute Gasteiger partial charge is 0.378 e. The van der Waals surface area contributed by atoms with Gasteiger partial charge in [-0.2, -0.15) is 13.2 Å². The number of anilines is 1. The van der Waals surface area contributed by atoms with E-state index in [2.05, 4.69) is 15.3 Å². The molecule has 0 spiro atoms. The van der Waals surface area contributed by atoms with E-state index in [1.165, 1.54) is 13.2 Å². The SMILES string of the molecule is COC1(CNc2cc(Cl)nc(C(F)(F)F)n2)CCOC1. The van der Waals surface area contributed by atoms with Crippen molar-refractivity contribution < 1.29 is 22.6 Å². The number of hydrogen-bond donors (Lipinski definition) is 1. The Morgan fingerprint density at radius 3 is 2.80 bits per heavy atom. The van der Waals surface area contributed by atoms with Gasteiger partial charge in [0.1, 0.15) is 16.6 Å². The highest BCUT2D eigenvalue weighted by molar-refractivity contribution is 6.29. The Labute approximate surface area is 118 Å². The van der Waals surface area contributed by atoms with Gasteiger partial charge in [0.05, 0.1) is 6.61 Å². The van der Waals surface area contributed by atoms with Gasteiger partial charge in [0, 0.05) is 32.7 Å². The number of ether oxygens (including phenoxy) is 2. The third-order valence-corrected chi connectivity index (χ3v) is 3.23. The Bertz CT molecular complexity index is 478. The normalized spacial score (nSPS) is 23.1. The van der Waals surface area contributed by atoms with E-state index >= 15 is 0 Å². The minimum absolute atomic E-state index is 0.000602. The number of hydrogen-bond acceptors (Lipinski definition) is 5. The summed E-state index contributed by atoms with van der Waals surface area (Å²) in [4.78, 5) is 6.56. The zero-order valence-electron chi connectivity index (χ0n) is 10.6. The molecule has 1 unspecified atom stereocenters. The van der Waals surface area contributed by atoms with Crippen molar-refractivity contribution in [2.75, 3.05) is 32.2 Å². The van der Waals surface area contributed by atoms with Crippen LogP contribution in [0.5, 0.6) is 0 Å². The third-order valence-electron chi connectivity index (χ3n) is 3.04. The van der Waals surface area contributed by atoms with E-state index in [0.717, 1.165) is 0 Å². The maximum atomic E-state index is 12.6. The molecule has 1 fully saturated rings. The maximum Gasteiger partial charge on any atom is 0.451 e. The molecule has 5 nitrogen and oxygen atoms in total. The van der Waals surface area contributed by atoms with Crippen LogP contribution in [0.2, 0.25) is 5.15 Å². The Morgan fingerprint density at radius 2 is 2.25 bits per heavy atom. The second-order valence-electron chi connectivity index (χ2n) is 4.44. The van der Waals surface area contributed by atoms with Gasteiger partial charge < -0.3 is 14.8 Å². The largest absolute Gasteiger partial charge is 0.451 e. The first-order valence-corrected chi connectivity index (χ1v) is 6.21. The van der Waals surface area contributed by atoms with Crippen molar-refractivity contribution in [2.45, 2.75) is 18.2 Å². The Balaban J connectivity index is 2.11. The van der Waals surface area contributed by atoms with Gasteiger partial charge >= 0.3 is 6.18 Å². The summed E-state index contributed by atoms with van der Waals surface area (Å²) < 4.78 is 48.3. The van der Waals surface area contributed by atoms with Crippen molar-refractivity contribution in [3.05, 3.63) is 17.0 Å². The van der Waals surface area contributed by atoms with Crippen molar-refractivity contribution in [3.63, 3.8) is 0 Å². The number of rotatable bonds is 4. The molecule has 1 aliphatic rings. The predicted octanol–water partition coefficient (Wildman–Crippen LogP) is 2.37. The molecule has 1 aromatic rings. The summed E-state index contributed by atoms with van der Waals surface area (Å²) in [6, 6.07) is 1.23. The molecule has 0 bridgehead atoms. The van der Waals surface area contributed by atoms with Gasteiger partial charge in [-0.3, -0.25) is 0 Å². The van der Waals surface area contributed by atoms with Crippen LogP contribution in [-0.4, -0.2) is 42.4 Å². The number of nitrogens with one attached hydrogen (secondary N) is 1. The summed E-state index contributed by atoms with van der Waals surface area (Å²) in [7, 11) is 1.53. The van der Waals surface area contributed by atoms with Gasteiger partial charge in [-0.05, 0) is 0 Å². The summed E-state index contributed by atoms with van der Waals surface area (Å²) in [5, 5.41) is 2.52. The molecule has 1 N–H and O–H groups in total. The lowest BCUT2D eigenvalue weighted by atomic mass is 10.0. The highest BCUT2D eigenvalue weighted by atomic mass is 35.5. The minimum Gasteiger partial charge on any atom is -0.378 e. The van der Waals surface area contributed by atoms with E-state index in [9.17, 15) is 13.2 Å². The zero-order valence-corrected chi connectivity index (χ0v) is 11.4. The fourth-order valence-electron chi connectivity index (χ4n) is 1.85. The second kappa shape index (κ2) is 5.71. The van der Waals surface area contributed by atoms with Crippen LogP contribution in [0.4, 0.5) is 19.0 Å². The molecule has 1 aliphatic heterocycles.